The number of rotatable bonds is 1. The van der Waals surface area contributed by atoms with Gasteiger partial charge in [-0.15, -0.1) is 0 Å². The van der Waals surface area contributed by atoms with Crippen LogP contribution in [-0.4, -0.2) is 52.3 Å². The molecule has 5 nitrogen and oxygen atoms in total. The van der Waals surface area contributed by atoms with Gasteiger partial charge in [-0.25, -0.2) is 4.39 Å². The third-order valence-electron chi connectivity index (χ3n) is 5.33. The second-order valence-corrected chi connectivity index (χ2v) is 6.78. The molecule has 2 fully saturated rings. The highest BCUT2D eigenvalue weighted by molar-refractivity contribution is 5.98. The fourth-order valence-electron chi connectivity index (χ4n) is 3.86. The van der Waals surface area contributed by atoms with E-state index in [1.54, 1.807) is 17.0 Å². The lowest BCUT2D eigenvalue weighted by Crippen LogP contribution is -2.56. The van der Waals surface area contributed by atoms with Crippen molar-refractivity contribution in [2.45, 2.75) is 37.4 Å². The molecule has 6 heteroatoms. The lowest BCUT2D eigenvalue weighted by atomic mass is 9.82. The zero-order chi connectivity index (χ0) is 16.7. The van der Waals surface area contributed by atoms with Gasteiger partial charge in [0.05, 0.1) is 11.7 Å². The maximum absolute atomic E-state index is 13.3. The van der Waals surface area contributed by atoms with Crippen molar-refractivity contribution < 1.29 is 19.0 Å². The summed E-state index contributed by atoms with van der Waals surface area (Å²) in [6.45, 7) is 1.79. The number of carbonyl (C=O) groups excluding carboxylic acids is 1. The number of aromatic amines is 1. The molecule has 1 aromatic carbocycles. The van der Waals surface area contributed by atoms with Crippen LogP contribution >= 0.6 is 0 Å². The summed E-state index contributed by atoms with van der Waals surface area (Å²) in [6, 6.07) is 6.20. The van der Waals surface area contributed by atoms with E-state index in [1.165, 1.54) is 12.1 Å². The van der Waals surface area contributed by atoms with Crippen LogP contribution in [0.5, 0.6) is 0 Å². The van der Waals surface area contributed by atoms with Crippen LogP contribution in [0.4, 0.5) is 4.39 Å². The smallest absolute Gasteiger partial charge is 0.270 e. The van der Waals surface area contributed by atoms with E-state index in [4.69, 9.17) is 4.74 Å². The molecule has 2 aromatic rings. The molecule has 0 bridgehead atoms. The van der Waals surface area contributed by atoms with Crippen molar-refractivity contribution in [1.82, 2.24) is 9.88 Å². The zero-order valence-electron chi connectivity index (χ0n) is 13.4. The number of aromatic nitrogens is 1. The Hall–Kier alpha value is -1.92. The quantitative estimate of drug-likeness (QED) is 0.843. The largest absolute Gasteiger partial charge is 0.390 e. The number of nitrogens with one attached hydrogen (secondary N) is 1. The van der Waals surface area contributed by atoms with Gasteiger partial charge in [-0.05, 0) is 49.9 Å². The molecule has 24 heavy (non-hydrogen) atoms. The van der Waals surface area contributed by atoms with Gasteiger partial charge in [-0.2, -0.15) is 0 Å². The lowest BCUT2D eigenvalue weighted by Gasteiger charge is -2.46. The number of nitrogens with zero attached hydrogens (tertiary/aromatic N) is 1. The molecule has 0 unspecified atom stereocenters. The Kier molecular flexibility index (Phi) is 3.81. The first kappa shape index (κ1) is 15.6. The van der Waals surface area contributed by atoms with Gasteiger partial charge in [0.2, 0.25) is 0 Å². The van der Waals surface area contributed by atoms with Gasteiger partial charge >= 0.3 is 0 Å². The molecule has 4 rings (SSSR count). The molecule has 0 radical (unpaired) electrons. The summed E-state index contributed by atoms with van der Waals surface area (Å²) in [7, 11) is 0. The third-order valence-corrected chi connectivity index (χ3v) is 5.33. The van der Waals surface area contributed by atoms with Crippen LogP contribution in [0.15, 0.2) is 24.3 Å². The number of carbonyl (C=O) groups is 1. The Balaban J connectivity index is 1.49. The Morgan fingerprint density at radius 3 is 2.88 bits per heavy atom. The van der Waals surface area contributed by atoms with E-state index in [0.29, 0.717) is 43.7 Å². The summed E-state index contributed by atoms with van der Waals surface area (Å²) in [4.78, 5) is 17.5. The van der Waals surface area contributed by atoms with E-state index < -0.39 is 11.7 Å². The average molecular weight is 332 g/mol. The van der Waals surface area contributed by atoms with Crippen molar-refractivity contribution in [3.05, 3.63) is 35.8 Å². The summed E-state index contributed by atoms with van der Waals surface area (Å²) in [5, 5.41) is 11.1. The van der Waals surface area contributed by atoms with Crippen molar-refractivity contribution in [3.63, 3.8) is 0 Å². The van der Waals surface area contributed by atoms with Crippen LogP contribution < -0.4 is 0 Å². The second kappa shape index (κ2) is 5.86. The van der Waals surface area contributed by atoms with Crippen LogP contribution in [0.2, 0.25) is 0 Å². The van der Waals surface area contributed by atoms with Crippen LogP contribution in [0.1, 0.15) is 36.2 Å². The maximum atomic E-state index is 13.3. The number of H-pyrrole nitrogens is 1. The average Bonchev–Trinajstić information content (AvgIpc) is 3.01. The number of aliphatic hydroxyl groups is 1. The molecule has 0 aliphatic carbocycles. The van der Waals surface area contributed by atoms with Crippen molar-refractivity contribution in [1.29, 1.82) is 0 Å². The summed E-state index contributed by atoms with van der Waals surface area (Å²) in [5.41, 5.74) is 0.605. The maximum Gasteiger partial charge on any atom is 0.270 e. The number of amides is 1. The van der Waals surface area contributed by atoms with Gasteiger partial charge < -0.3 is 19.7 Å². The molecule has 2 N–H and O–H groups in total. The van der Waals surface area contributed by atoms with Gasteiger partial charge in [0.15, 0.2) is 0 Å². The molecule has 2 saturated heterocycles. The van der Waals surface area contributed by atoms with E-state index in [0.717, 1.165) is 18.2 Å². The van der Waals surface area contributed by atoms with E-state index in [9.17, 15) is 14.3 Å². The standard InChI is InChI=1S/C18H21FN2O3/c19-13-4-3-12-10-15(20-14(12)11-13)17(23)21-7-5-18(6-8-21)16(22)2-1-9-24-18/h3-4,10-11,16,20,22H,1-2,5-9H2/t16-/m0/s1. The van der Waals surface area contributed by atoms with Crippen LogP contribution in [0.3, 0.4) is 0 Å². The molecule has 0 saturated carbocycles. The predicted octanol–water partition coefficient (Wildman–Crippen LogP) is 2.45. The topological polar surface area (TPSA) is 65.6 Å². The summed E-state index contributed by atoms with van der Waals surface area (Å²) < 4.78 is 19.2. The number of likely N-dealkylation sites (tertiary alicyclic amines) is 1. The van der Waals surface area contributed by atoms with E-state index in [1.807, 2.05) is 0 Å². The zero-order valence-corrected chi connectivity index (χ0v) is 13.4. The fourth-order valence-corrected chi connectivity index (χ4v) is 3.86. The number of hydrogen-bond donors (Lipinski definition) is 2. The highest BCUT2D eigenvalue weighted by Gasteiger charge is 2.44. The molecule has 1 amide bonds. The number of aliphatic hydroxyl groups excluding tert-OH is 1. The minimum absolute atomic E-state index is 0.0910. The molecule has 1 atom stereocenters. The Bertz CT molecular complexity index is 765. The van der Waals surface area contributed by atoms with Crippen LogP contribution in [0.25, 0.3) is 10.9 Å². The molecule has 3 heterocycles. The van der Waals surface area contributed by atoms with E-state index >= 15 is 0 Å². The molecular weight excluding hydrogens is 311 g/mol. The lowest BCUT2D eigenvalue weighted by molar-refractivity contribution is -0.174. The van der Waals surface area contributed by atoms with Crippen molar-refractivity contribution in [2.75, 3.05) is 19.7 Å². The summed E-state index contributed by atoms with van der Waals surface area (Å²) in [5.74, 6) is -0.418. The first-order valence-electron chi connectivity index (χ1n) is 8.47. The number of piperidine rings is 1. The second-order valence-electron chi connectivity index (χ2n) is 6.78. The monoisotopic (exact) mass is 332 g/mol. The highest BCUT2D eigenvalue weighted by atomic mass is 19.1. The fraction of sp³-hybridized carbons (Fsp3) is 0.500. The highest BCUT2D eigenvalue weighted by Crippen LogP contribution is 2.35. The summed E-state index contributed by atoms with van der Waals surface area (Å²) >= 11 is 0. The first-order chi connectivity index (χ1) is 11.6. The normalized spacial score (nSPS) is 23.8. The Labute approximate surface area is 139 Å². The van der Waals surface area contributed by atoms with Gasteiger partial charge in [0.1, 0.15) is 11.5 Å². The molecule has 128 valence electrons. The predicted molar refractivity (Wildman–Crippen MR) is 87.3 cm³/mol. The van der Waals surface area contributed by atoms with Gasteiger partial charge in [-0.1, -0.05) is 0 Å². The molecule has 2 aliphatic heterocycles. The van der Waals surface area contributed by atoms with Gasteiger partial charge in [-0.3, -0.25) is 4.79 Å². The minimum atomic E-state index is -0.487. The molecule has 1 spiro atoms. The van der Waals surface area contributed by atoms with Crippen molar-refractivity contribution >= 4 is 16.8 Å². The van der Waals surface area contributed by atoms with Crippen LogP contribution in [-0.2, 0) is 4.74 Å². The summed E-state index contributed by atoms with van der Waals surface area (Å²) in [6.07, 6.45) is 2.50. The molecular formula is C18H21FN2O3. The van der Waals surface area contributed by atoms with Crippen molar-refractivity contribution in [3.8, 4) is 0 Å². The van der Waals surface area contributed by atoms with Crippen LogP contribution in [0, 0.1) is 5.82 Å². The van der Waals surface area contributed by atoms with E-state index in [2.05, 4.69) is 4.98 Å². The number of benzene rings is 1. The SMILES string of the molecule is O=C(c1cc2ccc(F)cc2[nH]1)N1CCC2(CC1)OCCC[C@@H]2O. The molecule has 2 aliphatic rings. The third kappa shape index (κ3) is 2.59. The molecule has 1 aromatic heterocycles. The number of ether oxygens (including phenoxy) is 1. The first-order valence-corrected chi connectivity index (χ1v) is 8.47. The van der Waals surface area contributed by atoms with Crippen molar-refractivity contribution in [2.24, 2.45) is 0 Å². The number of hydrogen-bond acceptors (Lipinski definition) is 3. The minimum Gasteiger partial charge on any atom is -0.390 e. The Morgan fingerprint density at radius 2 is 2.12 bits per heavy atom. The van der Waals surface area contributed by atoms with E-state index in [-0.39, 0.29) is 11.7 Å². The van der Waals surface area contributed by atoms with Gasteiger partial charge in [0, 0.05) is 30.6 Å². The number of halogens is 1. The number of fused-ring (bicyclic) bond motifs is 1. The Morgan fingerprint density at radius 1 is 1.33 bits per heavy atom. The van der Waals surface area contributed by atoms with Gasteiger partial charge in [0.25, 0.3) is 5.91 Å².